The minimum atomic E-state index is -1.16. The van der Waals surface area contributed by atoms with Gasteiger partial charge >= 0.3 is 0 Å². The van der Waals surface area contributed by atoms with Crippen molar-refractivity contribution < 1.29 is 27.9 Å². The lowest BCUT2D eigenvalue weighted by Crippen LogP contribution is -2.29. The predicted molar refractivity (Wildman–Crippen MR) is 99.4 cm³/mol. The van der Waals surface area contributed by atoms with E-state index in [0.29, 0.717) is 5.76 Å². The maximum Gasteiger partial charge on any atom is 0.296 e. The SMILES string of the molecule is O=C1C(=O)N(Cc2ccco2)C(c2ccccc2F)/C1=C(/O)c1ccc(F)cc1. The largest absolute Gasteiger partial charge is 0.507 e. The zero-order chi connectivity index (χ0) is 20.5. The van der Waals surface area contributed by atoms with Crippen LogP contribution in [0.25, 0.3) is 5.76 Å². The number of furan rings is 1. The number of aliphatic hydroxyl groups is 1. The molecule has 1 aromatic heterocycles. The van der Waals surface area contributed by atoms with Crippen molar-refractivity contribution in [3.05, 3.63) is 101 Å². The number of carbonyl (C=O) groups is 2. The van der Waals surface area contributed by atoms with Gasteiger partial charge in [-0.15, -0.1) is 0 Å². The number of halogens is 2. The molecule has 3 aromatic rings. The molecule has 0 saturated carbocycles. The van der Waals surface area contributed by atoms with E-state index >= 15 is 0 Å². The number of rotatable bonds is 4. The first-order valence-electron chi connectivity index (χ1n) is 8.78. The van der Waals surface area contributed by atoms with E-state index < -0.39 is 35.1 Å². The topological polar surface area (TPSA) is 70.8 Å². The molecule has 1 amide bonds. The molecule has 1 aliphatic heterocycles. The second-order valence-electron chi connectivity index (χ2n) is 6.53. The van der Waals surface area contributed by atoms with Crippen molar-refractivity contribution in [2.75, 3.05) is 0 Å². The normalized spacial score (nSPS) is 18.4. The number of hydrogen-bond acceptors (Lipinski definition) is 4. The highest BCUT2D eigenvalue weighted by molar-refractivity contribution is 6.46. The summed E-state index contributed by atoms with van der Waals surface area (Å²) in [4.78, 5) is 26.7. The molecule has 2 aromatic carbocycles. The molecule has 0 spiro atoms. The van der Waals surface area contributed by atoms with Gasteiger partial charge in [0, 0.05) is 11.1 Å². The lowest BCUT2D eigenvalue weighted by molar-refractivity contribution is -0.140. The summed E-state index contributed by atoms with van der Waals surface area (Å²) in [6.45, 7) is -0.0865. The Kier molecular flexibility index (Phi) is 4.72. The molecule has 2 heterocycles. The Morgan fingerprint density at radius 3 is 2.38 bits per heavy atom. The number of hydrogen-bond donors (Lipinski definition) is 1. The lowest BCUT2D eigenvalue weighted by Gasteiger charge is -2.24. The van der Waals surface area contributed by atoms with Crippen LogP contribution in [0.3, 0.4) is 0 Å². The number of aliphatic hydroxyl groups excluding tert-OH is 1. The van der Waals surface area contributed by atoms with E-state index in [-0.39, 0.29) is 23.2 Å². The van der Waals surface area contributed by atoms with Crippen LogP contribution in [0.5, 0.6) is 0 Å². The fourth-order valence-electron chi connectivity index (χ4n) is 3.40. The number of benzene rings is 2. The first-order valence-corrected chi connectivity index (χ1v) is 8.78. The molecule has 1 saturated heterocycles. The summed E-state index contributed by atoms with van der Waals surface area (Å²) in [6, 6.07) is 12.6. The van der Waals surface area contributed by atoms with Crippen LogP contribution in [0.4, 0.5) is 8.78 Å². The van der Waals surface area contributed by atoms with Gasteiger partial charge in [0.25, 0.3) is 11.7 Å². The van der Waals surface area contributed by atoms with Crippen LogP contribution in [-0.4, -0.2) is 21.7 Å². The molecule has 1 fully saturated rings. The Bertz CT molecular complexity index is 1100. The minimum Gasteiger partial charge on any atom is -0.507 e. The van der Waals surface area contributed by atoms with E-state index in [4.69, 9.17) is 4.42 Å². The Hall–Kier alpha value is -3.74. The van der Waals surface area contributed by atoms with Gasteiger partial charge in [-0.05, 0) is 42.5 Å². The van der Waals surface area contributed by atoms with E-state index in [1.165, 1.54) is 36.6 Å². The number of amides is 1. The smallest absolute Gasteiger partial charge is 0.296 e. The van der Waals surface area contributed by atoms with Crippen molar-refractivity contribution in [3.8, 4) is 0 Å². The molecular formula is C22H15F2NO4. The van der Waals surface area contributed by atoms with Crippen molar-refractivity contribution in [3.63, 3.8) is 0 Å². The predicted octanol–water partition coefficient (Wildman–Crippen LogP) is 4.18. The fraction of sp³-hybridized carbons (Fsp3) is 0.0909. The molecule has 5 nitrogen and oxygen atoms in total. The van der Waals surface area contributed by atoms with Crippen LogP contribution < -0.4 is 0 Å². The van der Waals surface area contributed by atoms with Gasteiger partial charge in [0.05, 0.1) is 24.4 Å². The van der Waals surface area contributed by atoms with E-state index in [1.54, 1.807) is 18.2 Å². The molecule has 1 N–H and O–H groups in total. The number of nitrogens with zero attached hydrogens (tertiary/aromatic N) is 1. The molecule has 146 valence electrons. The standard InChI is InChI=1S/C22H15F2NO4/c23-14-9-7-13(8-10-14)20(26)18-19(16-5-1-2-6-17(16)24)25(22(28)21(18)27)12-15-4-3-11-29-15/h1-11,19,26H,12H2/b20-18-. The highest BCUT2D eigenvalue weighted by Crippen LogP contribution is 2.41. The van der Waals surface area contributed by atoms with Crippen LogP contribution in [0, 0.1) is 11.6 Å². The number of likely N-dealkylation sites (tertiary alicyclic amines) is 1. The first-order chi connectivity index (χ1) is 14.0. The lowest BCUT2D eigenvalue weighted by atomic mass is 9.95. The molecule has 0 bridgehead atoms. The quantitative estimate of drug-likeness (QED) is 0.409. The third kappa shape index (κ3) is 3.31. The van der Waals surface area contributed by atoms with E-state index in [9.17, 15) is 23.5 Å². The van der Waals surface area contributed by atoms with E-state index in [0.717, 1.165) is 17.0 Å². The van der Waals surface area contributed by atoms with Gasteiger partial charge in [-0.3, -0.25) is 9.59 Å². The molecule has 29 heavy (non-hydrogen) atoms. The summed E-state index contributed by atoms with van der Waals surface area (Å²) in [5.41, 5.74) is -0.0658. The molecular weight excluding hydrogens is 380 g/mol. The van der Waals surface area contributed by atoms with E-state index in [2.05, 4.69) is 0 Å². The Balaban J connectivity index is 1.89. The second kappa shape index (κ2) is 7.35. The monoisotopic (exact) mass is 395 g/mol. The minimum absolute atomic E-state index is 0.0573. The third-order valence-corrected chi connectivity index (χ3v) is 4.76. The molecule has 1 atom stereocenters. The zero-order valence-corrected chi connectivity index (χ0v) is 15.0. The first kappa shape index (κ1) is 18.6. The molecule has 4 rings (SSSR count). The van der Waals surface area contributed by atoms with E-state index in [1.807, 2.05) is 0 Å². The average Bonchev–Trinajstić information content (AvgIpc) is 3.31. The van der Waals surface area contributed by atoms with Gasteiger partial charge < -0.3 is 14.4 Å². The summed E-state index contributed by atoms with van der Waals surface area (Å²) in [5.74, 6) is -3.10. The van der Waals surface area contributed by atoms with Gasteiger partial charge in [-0.2, -0.15) is 0 Å². The maximum atomic E-state index is 14.6. The molecule has 0 aliphatic carbocycles. The van der Waals surface area contributed by atoms with Crippen LogP contribution in [0.2, 0.25) is 0 Å². The van der Waals surface area contributed by atoms with Crippen LogP contribution in [0.1, 0.15) is 22.9 Å². The third-order valence-electron chi connectivity index (χ3n) is 4.76. The van der Waals surface area contributed by atoms with Crippen molar-refractivity contribution in [1.29, 1.82) is 0 Å². The highest BCUT2D eigenvalue weighted by Gasteiger charge is 2.47. The van der Waals surface area contributed by atoms with Crippen LogP contribution in [-0.2, 0) is 16.1 Å². The van der Waals surface area contributed by atoms with Crippen molar-refractivity contribution >= 4 is 17.4 Å². The summed E-state index contributed by atoms with van der Waals surface area (Å²) in [7, 11) is 0. The van der Waals surface area contributed by atoms with Crippen LogP contribution >= 0.6 is 0 Å². The summed E-state index contributed by atoms with van der Waals surface area (Å²) < 4.78 is 33.1. The second-order valence-corrected chi connectivity index (χ2v) is 6.53. The Labute approximate surface area is 164 Å². The van der Waals surface area contributed by atoms with Gasteiger partial charge in [-0.25, -0.2) is 8.78 Å². The van der Waals surface area contributed by atoms with Crippen molar-refractivity contribution in [2.45, 2.75) is 12.6 Å². The summed E-state index contributed by atoms with van der Waals surface area (Å²) >= 11 is 0. The number of carbonyl (C=O) groups excluding carboxylic acids is 2. The molecule has 1 unspecified atom stereocenters. The number of Topliss-reactive ketones (excluding diaryl/α,β-unsaturated/α-hetero) is 1. The zero-order valence-electron chi connectivity index (χ0n) is 15.0. The summed E-state index contributed by atoms with van der Waals surface area (Å²) in [5, 5.41) is 10.8. The van der Waals surface area contributed by atoms with Gasteiger partial charge in [0.1, 0.15) is 23.2 Å². The van der Waals surface area contributed by atoms with Gasteiger partial charge in [0.15, 0.2) is 0 Å². The van der Waals surface area contributed by atoms with Crippen molar-refractivity contribution in [2.24, 2.45) is 0 Å². The average molecular weight is 395 g/mol. The molecule has 0 radical (unpaired) electrons. The Morgan fingerprint density at radius 2 is 1.72 bits per heavy atom. The van der Waals surface area contributed by atoms with Crippen molar-refractivity contribution in [1.82, 2.24) is 4.90 Å². The molecule has 7 heteroatoms. The van der Waals surface area contributed by atoms with Crippen LogP contribution in [0.15, 0.2) is 76.9 Å². The molecule has 1 aliphatic rings. The van der Waals surface area contributed by atoms with Gasteiger partial charge in [-0.1, -0.05) is 18.2 Å². The highest BCUT2D eigenvalue weighted by atomic mass is 19.1. The Morgan fingerprint density at radius 1 is 1.00 bits per heavy atom. The summed E-state index contributed by atoms with van der Waals surface area (Å²) in [6.07, 6.45) is 1.42. The maximum absolute atomic E-state index is 14.6. The van der Waals surface area contributed by atoms with Gasteiger partial charge in [0.2, 0.25) is 0 Å². The number of ketones is 1. The fourth-order valence-corrected chi connectivity index (χ4v) is 3.40.